The fourth-order valence-electron chi connectivity index (χ4n) is 11.0. The van der Waals surface area contributed by atoms with E-state index in [2.05, 4.69) is 69.4 Å². The summed E-state index contributed by atoms with van der Waals surface area (Å²) in [5.74, 6) is -0.870. The van der Waals surface area contributed by atoms with Crippen molar-refractivity contribution >= 4 is 17.9 Å². The Labute approximate surface area is 511 Å². The Morgan fingerprint density at radius 2 is 0.463 bits per heavy atom. The fraction of sp³-hybridized carbons (Fsp3) is 0.855. The smallest absolute Gasteiger partial charge is 0.306 e. The molecular weight excluding hydrogens is 1010 g/mol. The average molecular weight is 1150 g/mol. The van der Waals surface area contributed by atoms with Crippen molar-refractivity contribution in [3.63, 3.8) is 0 Å². The van der Waals surface area contributed by atoms with Crippen LogP contribution in [0, 0.1) is 0 Å². The summed E-state index contributed by atoms with van der Waals surface area (Å²) in [5.41, 5.74) is 0. The molecule has 1 atom stereocenters. The number of hydrogen-bond acceptors (Lipinski definition) is 6. The number of carbonyl (C=O) groups excluding carboxylic acids is 3. The van der Waals surface area contributed by atoms with Gasteiger partial charge in [0.1, 0.15) is 13.2 Å². The van der Waals surface area contributed by atoms with Crippen molar-refractivity contribution in [2.75, 3.05) is 13.2 Å². The van der Waals surface area contributed by atoms with Gasteiger partial charge in [-0.1, -0.05) is 352 Å². The first-order valence-electron chi connectivity index (χ1n) is 36.6. The maximum absolute atomic E-state index is 12.9. The minimum Gasteiger partial charge on any atom is -0.462 e. The molecule has 0 bridgehead atoms. The van der Waals surface area contributed by atoms with Crippen molar-refractivity contribution in [3.05, 3.63) is 48.6 Å². The first kappa shape index (κ1) is 79.4. The van der Waals surface area contributed by atoms with E-state index in [1.165, 1.54) is 270 Å². The molecule has 0 aliphatic carbocycles. The number of allylic oxidation sites excluding steroid dienone is 8. The molecule has 0 rings (SSSR count). The number of carbonyl (C=O) groups is 3. The van der Waals surface area contributed by atoms with E-state index < -0.39 is 6.10 Å². The molecule has 82 heavy (non-hydrogen) atoms. The first-order chi connectivity index (χ1) is 40.5. The highest BCUT2D eigenvalue weighted by Crippen LogP contribution is 2.19. The van der Waals surface area contributed by atoms with Crippen molar-refractivity contribution in [2.45, 2.75) is 406 Å². The van der Waals surface area contributed by atoms with Crippen molar-refractivity contribution < 1.29 is 28.6 Å². The number of rotatable bonds is 68. The van der Waals surface area contributed by atoms with E-state index in [0.717, 1.165) is 89.9 Å². The van der Waals surface area contributed by atoms with E-state index in [0.29, 0.717) is 19.3 Å². The summed E-state index contributed by atoms with van der Waals surface area (Å²) in [6.45, 7) is 6.62. The van der Waals surface area contributed by atoms with Crippen LogP contribution in [0.15, 0.2) is 48.6 Å². The normalized spacial score (nSPS) is 12.3. The van der Waals surface area contributed by atoms with Gasteiger partial charge in [0.2, 0.25) is 0 Å². The Morgan fingerprint density at radius 1 is 0.244 bits per heavy atom. The number of unbranched alkanes of at least 4 members (excludes halogenated alkanes) is 49. The van der Waals surface area contributed by atoms with E-state index in [-0.39, 0.29) is 31.1 Å². The van der Waals surface area contributed by atoms with Gasteiger partial charge in [-0.2, -0.15) is 0 Å². The van der Waals surface area contributed by atoms with Gasteiger partial charge in [-0.25, -0.2) is 0 Å². The Bertz CT molecular complexity index is 1410. The van der Waals surface area contributed by atoms with Crippen LogP contribution < -0.4 is 0 Å². The van der Waals surface area contributed by atoms with Crippen LogP contribution in [0.2, 0.25) is 0 Å². The molecule has 6 heteroatoms. The van der Waals surface area contributed by atoms with Crippen molar-refractivity contribution in [2.24, 2.45) is 0 Å². The largest absolute Gasteiger partial charge is 0.462 e. The maximum atomic E-state index is 12.9. The average Bonchev–Trinajstić information content (AvgIpc) is 3.48. The standard InChI is InChI=1S/C76H140O6/c1-4-7-10-13-16-19-22-24-26-28-30-32-34-35-36-37-38-39-40-41-43-44-46-48-50-52-54-57-60-63-66-69-75(78)81-72-73(71-80-74(77)68-65-62-59-56-21-18-15-12-9-6-3)82-76(79)70-67-64-61-58-55-53-51-49-47-45-42-33-31-29-27-25-23-20-17-14-11-8-5-2/h12,15,23,25,29,31,42,45,73H,4-11,13-14,16-22,24,26-28,30,32-41,43-44,46-72H2,1-3H3/b15-12-,25-23-,31-29-,45-42-. The predicted molar refractivity (Wildman–Crippen MR) is 358 cm³/mol. The van der Waals surface area contributed by atoms with Crippen LogP contribution in [0.1, 0.15) is 400 Å². The summed E-state index contributed by atoms with van der Waals surface area (Å²) < 4.78 is 16.9. The predicted octanol–water partition coefficient (Wildman–Crippen LogP) is 25.3. The minimum absolute atomic E-state index is 0.0752. The van der Waals surface area contributed by atoms with E-state index in [1.54, 1.807) is 0 Å². The maximum Gasteiger partial charge on any atom is 0.306 e. The van der Waals surface area contributed by atoms with E-state index >= 15 is 0 Å². The molecule has 0 fully saturated rings. The molecule has 0 aromatic rings. The second-order valence-electron chi connectivity index (χ2n) is 24.9. The molecule has 480 valence electrons. The van der Waals surface area contributed by atoms with E-state index in [4.69, 9.17) is 14.2 Å². The van der Waals surface area contributed by atoms with Gasteiger partial charge in [-0.3, -0.25) is 14.4 Å². The van der Waals surface area contributed by atoms with Crippen molar-refractivity contribution in [1.82, 2.24) is 0 Å². The zero-order valence-corrected chi connectivity index (χ0v) is 55.3. The Kier molecular flexibility index (Phi) is 68.6. The van der Waals surface area contributed by atoms with E-state index in [1.807, 2.05) is 0 Å². The molecule has 0 aliphatic heterocycles. The van der Waals surface area contributed by atoms with Crippen LogP contribution in [0.4, 0.5) is 0 Å². The highest BCUT2D eigenvalue weighted by atomic mass is 16.6. The molecule has 6 nitrogen and oxygen atoms in total. The molecule has 1 unspecified atom stereocenters. The van der Waals surface area contributed by atoms with Crippen molar-refractivity contribution in [1.29, 1.82) is 0 Å². The molecule has 0 saturated heterocycles. The van der Waals surface area contributed by atoms with Crippen LogP contribution in [-0.2, 0) is 28.6 Å². The van der Waals surface area contributed by atoms with Gasteiger partial charge < -0.3 is 14.2 Å². The summed E-state index contributed by atoms with van der Waals surface area (Å²) in [7, 11) is 0. The molecule has 0 aliphatic rings. The number of hydrogen-bond donors (Lipinski definition) is 0. The fourth-order valence-corrected chi connectivity index (χ4v) is 11.0. The summed E-state index contributed by atoms with van der Waals surface area (Å²) in [6.07, 6.45) is 90.3. The molecule has 0 N–H and O–H groups in total. The van der Waals surface area contributed by atoms with Crippen LogP contribution in [-0.4, -0.2) is 37.2 Å². The van der Waals surface area contributed by atoms with Gasteiger partial charge in [-0.05, 0) is 77.0 Å². The highest BCUT2D eigenvalue weighted by molar-refractivity contribution is 5.71. The number of ether oxygens (including phenoxy) is 3. The lowest BCUT2D eigenvalue weighted by Crippen LogP contribution is -2.30. The first-order valence-corrected chi connectivity index (χ1v) is 36.6. The van der Waals surface area contributed by atoms with E-state index in [9.17, 15) is 14.4 Å². The summed E-state index contributed by atoms with van der Waals surface area (Å²) in [6, 6.07) is 0. The highest BCUT2D eigenvalue weighted by Gasteiger charge is 2.19. The molecule has 0 saturated carbocycles. The van der Waals surface area contributed by atoms with Gasteiger partial charge >= 0.3 is 17.9 Å². The molecule has 0 aromatic heterocycles. The quantitative estimate of drug-likeness (QED) is 0.0261. The Balaban J connectivity index is 4.11. The Morgan fingerprint density at radius 3 is 0.744 bits per heavy atom. The molecule has 0 radical (unpaired) electrons. The zero-order valence-electron chi connectivity index (χ0n) is 55.3. The summed E-state index contributed by atoms with van der Waals surface area (Å²) >= 11 is 0. The Hall–Kier alpha value is -2.63. The second kappa shape index (κ2) is 70.9. The summed E-state index contributed by atoms with van der Waals surface area (Å²) in [4.78, 5) is 38.3. The SMILES string of the molecule is CCC/C=C\CCCCCCCC(=O)OCC(COC(=O)CCCCCCCCCCCCCCCCCCCCCCCCCCCCCCCCC)OC(=O)CCCCCCCCCC/C=C\C/C=C\C/C=C\CCCCCCC. The molecule has 0 heterocycles. The number of esters is 3. The molecular formula is C76H140O6. The minimum atomic E-state index is -0.780. The third-order valence-corrected chi connectivity index (χ3v) is 16.5. The second-order valence-corrected chi connectivity index (χ2v) is 24.9. The lowest BCUT2D eigenvalue weighted by atomic mass is 10.0. The third kappa shape index (κ3) is 68.2. The molecule has 0 aromatic carbocycles. The van der Waals surface area contributed by atoms with Crippen LogP contribution in [0.5, 0.6) is 0 Å². The van der Waals surface area contributed by atoms with Crippen molar-refractivity contribution in [3.8, 4) is 0 Å². The van der Waals surface area contributed by atoms with Crippen LogP contribution >= 0.6 is 0 Å². The van der Waals surface area contributed by atoms with Crippen LogP contribution in [0.3, 0.4) is 0 Å². The van der Waals surface area contributed by atoms with Crippen LogP contribution in [0.25, 0.3) is 0 Å². The van der Waals surface area contributed by atoms with Gasteiger partial charge in [0, 0.05) is 19.3 Å². The topological polar surface area (TPSA) is 78.9 Å². The van der Waals surface area contributed by atoms with Gasteiger partial charge in [0.25, 0.3) is 0 Å². The third-order valence-electron chi connectivity index (χ3n) is 16.5. The molecule has 0 amide bonds. The van der Waals surface area contributed by atoms with Gasteiger partial charge in [-0.15, -0.1) is 0 Å². The van der Waals surface area contributed by atoms with Gasteiger partial charge in [0.05, 0.1) is 0 Å². The summed E-state index contributed by atoms with van der Waals surface area (Å²) in [5, 5.41) is 0. The lowest BCUT2D eigenvalue weighted by Gasteiger charge is -2.18. The lowest BCUT2D eigenvalue weighted by molar-refractivity contribution is -0.167. The van der Waals surface area contributed by atoms with Gasteiger partial charge in [0.15, 0.2) is 6.10 Å². The zero-order chi connectivity index (χ0) is 59.2. The monoisotopic (exact) mass is 1150 g/mol. The molecule has 0 spiro atoms.